The summed E-state index contributed by atoms with van der Waals surface area (Å²) in [6.07, 6.45) is -0.945. The number of aliphatic hydroxyl groups is 1. The molecule has 1 aromatic heterocycles. The molecule has 1 atom stereocenters. The van der Waals surface area contributed by atoms with Gasteiger partial charge in [0.05, 0.1) is 17.4 Å². The summed E-state index contributed by atoms with van der Waals surface area (Å²) >= 11 is 0. The van der Waals surface area contributed by atoms with Crippen LogP contribution < -0.4 is 10.1 Å². The lowest BCUT2D eigenvalue weighted by atomic mass is 9.77. The third-order valence-electron chi connectivity index (χ3n) is 5.89. The van der Waals surface area contributed by atoms with Crippen LogP contribution in [0.5, 0.6) is 5.75 Å². The Bertz CT molecular complexity index is 1060. The number of H-pyrrole nitrogens is 1. The van der Waals surface area contributed by atoms with E-state index in [1.54, 1.807) is 12.1 Å². The van der Waals surface area contributed by atoms with E-state index in [4.69, 9.17) is 4.74 Å². The van der Waals surface area contributed by atoms with Crippen LogP contribution in [-0.2, 0) is 6.18 Å². The molecule has 0 saturated heterocycles. The standard InChI is InChI=1S/C25H29F3N2O2/c1-24(2,3)13-23(31)30-22-14-29-21-9-8-18(12-20(21)22)32-19-10-16(11-19)15-4-6-17(7-5-15)25(26,27)28/h4-9,12,14,16,19,23,29-31H,10-11,13H2,1-3H3. The van der Waals surface area contributed by atoms with Crippen molar-refractivity contribution in [3.8, 4) is 5.75 Å². The smallest absolute Gasteiger partial charge is 0.416 e. The van der Waals surface area contributed by atoms with Crippen molar-refractivity contribution in [2.45, 2.75) is 64.5 Å². The third-order valence-corrected chi connectivity index (χ3v) is 5.89. The lowest BCUT2D eigenvalue weighted by molar-refractivity contribution is -0.137. The molecular weight excluding hydrogens is 417 g/mol. The fourth-order valence-electron chi connectivity index (χ4n) is 4.17. The zero-order valence-corrected chi connectivity index (χ0v) is 18.5. The zero-order chi connectivity index (χ0) is 23.1. The maximum absolute atomic E-state index is 12.7. The molecule has 1 unspecified atom stereocenters. The molecule has 0 aliphatic heterocycles. The monoisotopic (exact) mass is 446 g/mol. The van der Waals surface area contributed by atoms with Gasteiger partial charge in [-0.05, 0) is 66.5 Å². The quantitative estimate of drug-likeness (QED) is 0.370. The van der Waals surface area contributed by atoms with Crippen LogP contribution in [0.15, 0.2) is 48.7 Å². The Balaban J connectivity index is 1.37. The Labute approximate surface area is 185 Å². The van der Waals surface area contributed by atoms with Gasteiger partial charge in [0.2, 0.25) is 0 Å². The number of benzene rings is 2. The van der Waals surface area contributed by atoms with E-state index in [1.807, 2.05) is 24.4 Å². The van der Waals surface area contributed by atoms with Crippen LogP contribution in [0.1, 0.15) is 57.1 Å². The maximum atomic E-state index is 12.7. The molecule has 0 spiro atoms. The summed E-state index contributed by atoms with van der Waals surface area (Å²) in [4.78, 5) is 3.20. The topological polar surface area (TPSA) is 57.3 Å². The van der Waals surface area contributed by atoms with E-state index in [0.29, 0.717) is 6.42 Å². The van der Waals surface area contributed by atoms with E-state index < -0.39 is 18.0 Å². The largest absolute Gasteiger partial charge is 0.490 e. The van der Waals surface area contributed by atoms with Gasteiger partial charge in [0.1, 0.15) is 12.0 Å². The van der Waals surface area contributed by atoms with Gasteiger partial charge in [-0.2, -0.15) is 13.2 Å². The molecule has 3 N–H and O–H groups in total. The number of anilines is 1. The van der Waals surface area contributed by atoms with E-state index >= 15 is 0 Å². The number of ether oxygens (including phenoxy) is 1. The summed E-state index contributed by atoms with van der Waals surface area (Å²) < 4.78 is 44.3. The predicted octanol–water partition coefficient (Wildman–Crippen LogP) is 6.68. The van der Waals surface area contributed by atoms with Gasteiger partial charge in [0.25, 0.3) is 0 Å². The van der Waals surface area contributed by atoms with Gasteiger partial charge in [0, 0.05) is 17.1 Å². The van der Waals surface area contributed by atoms with Crippen LogP contribution >= 0.6 is 0 Å². The number of alkyl halides is 3. The number of halogens is 3. The highest BCUT2D eigenvalue weighted by Crippen LogP contribution is 2.41. The Kier molecular flexibility index (Phi) is 5.88. The average molecular weight is 447 g/mol. The lowest BCUT2D eigenvalue weighted by Crippen LogP contribution is -2.32. The van der Waals surface area contributed by atoms with Gasteiger partial charge in [0.15, 0.2) is 0 Å². The van der Waals surface area contributed by atoms with Gasteiger partial charge in [-0.1, -0.05) is 32.9 Å². The molecule has 7 heteroatoms. The van der Waals surface area contributed by atoms with Gasteiger partial charge in [-0.25, -0.2) is 0 Å². The van der Waals surface area contributed by atoms with Crippen molar-refractivity contribution in [3.63, 3.8) is 0 Å². The van der Waals surface area contributed by atoms with Crippen LogP contribution in [0.4, 0.5) is 18.9 Å². The SMILES string of the molecule is CC(C)(C)CC(O)Nc1c[nH]c2ccc(OC3CC(c4ccc(C(F)(F)F)cc4)C3)cc12. The Morgan fingerprint density at radius 3 is 2.41 bits per heavy atom. The van der Waals surface area contributed by atoms with E-state index in [0.717, 1.165) is 52.9 Å². The van der Waals surface area contributed by atoms with Crippen molar-refractivity contribution in [1.82, 2.24) is 4.98 Å². The number of hydrogen-bond acceptors (Lipinski definition) is 3. The first-order chi connectivity index (χ1) is 15.0. The van der Waals surface area contributed by atoms with Crippen LogP contribution in [-0.4, -0.2) is 22.4 Å². The fourth-order valence-corrected chi connectivity index (χ4v) is 4.17. The number of hydrogen-bond donors (Lipinski definition) is 3. The average Bonchev–Trinajstić information content (AvgIpc) is 3.04. The van der Waals surface area contributed by atoms with Crippen molar-refractivity contribution in [2.75, 3.05) is 5.32 Å². The minimum Gasteiger partial charge on any atom is -0.490 e. The summed E-state index contributed by atoms with van der Waals surface area (Å²) in [7, 11) is 0. The first-order valence-electron chi connectivity index (χ1n) is 10.9. The number of nitrogens with one attached hydrogen (secondary N) is 2. The van der Waals surface area contributed by atoms with Gasteiger partial charge in [-0.3, -0.25) is 0 Å². The van der Waals surface area contributed by atoms with Crippen LogP contribution in [0.2, 0.25) is 0 Å². The van der Waals surface area contributed by atoms with Crippen molar-refractivity contribution in [3.05, 3.63) is 59.8 Å². The summed E-state index contributed by atoms with van der Waals surface area (Å²) in [6.45, 7) is 6.24. The number of aromatic nitrogens is 1. The highest BCUT2D eigenvalue weighted by molar-refractivity contribution is 5.93. The molecule has 0 radical (unpaired) electrons. The molecule has 1 fully saturated rings. The Hall–Kier alpha value is -2.67. The van der Waals surface area contributed by atoms with Crippen molar-refractivity contribution >= 4 is 16.6 Å². The van der Waals surface area contributed by atoms with Crippen LogP contribution in [0.3, 0.4) is 0 Å². The van der Waals surface area contributed by atoms with Crippen molar-refractivity contribution in [2.24, 2.45) is 5.41 Å². The predicted molar refractivity (Wildman–Crippen MR) is 120 cm³/mol. The second-order valence-electron chi connectivity index (χ2n) is 9.86. The molecular formula is C25H29F3N2O2. The second-order valence-corrected chi connectivity index (χ2v) is 9.86. The third kappa shape index (κ3) is 5.21. The summed E-state index contributed by atoms with van der Waals surface area (Å²) in [5, 5.41) is 14.5. The zero-order valence-electron chi connectivity index (χ0n) is 18.5. The highest BCUT2D eigenvalue weighted by Gasteiger charge is 2.34. The molecule has 4 nitrogen and oxygen atoms in total. The molecule has 3 aromatic rings. The minimum atomic E-state index is -4.31. The van der Waals surface area contributed by atoms with Crippen molar-refractivity contribution < 1.29 is 23.0 Å². The van der Waals surface area contributed by atoms with E-state index in [1.165, 1.54) is 0 Å². The Morgan fingerprint density at radius 2 is 1.78 bits per heavy atom. The van der Waals surface area contributed by atoms with Gasteiger partial charge >= 0.3 is 6.18 Å². The number of fused-ring (bicyclic) bond motifs is 1. The molecule has 1 aliphatic rings. The van der Waals surface area contributed by atoms with E-state index in [-0.39, 0.29) is 17.4 Å². The lowest BCUT2D eigenvalue weighted by Gasteiger charge is -2.35. The van der Waals surface area contributed by atoms with Gasteiger partial charge < -0.3 is 20.1 Å². The van der Waals surface area contributed by atoms with Crippen molar-refractivity contribution in [1.29, 1.82) is 0 Å². The first-order valence-corrected chi connectivity index (χ1v) is 10.9. The molecule has 0 bridgehead atoms. The van der Waals surface area contributed by atoms with E-state index in [2.05, 4.69) is 31.1 Å². The maximum Gasteiger partial charge on any atom is 0.416 e. The molecule has 1 aliphatic carbocycles. The molecule has 1 saturated carbocycles. The number of aliphatic hydroxyl groups excluding tert-OH is 1. The summed E-state index contributed by atoms with van der Waals surface area (Å²) in [5.41, 5.74) is 2.06. The summed E-state index contributed by atoms with van der Waals surface area (Å²) in [6, 6.07) is 11.2. The summed E-state index contributed by atoms with van der Waals surface area (Å²) in [5.74, 6) is 0.948. The highest BCUT2D eigenvalue weighted by atomic mass is 19.4. The van der Waals surface area contributed by atoms with E-state index in [9.17, 15) is 18.3 Å². The minimum absolute atomic E-state index is 0.000624. The van der Waals surface area contributed by atoms with Crippen LogP contribution in [0.25, 0.3) is 10.9 Å². The molecule has 1 heterocycles. The first kappa shape index (κ1) is 22.5. The second kappa shape index (κ2) is 8.35. The molecule has 172 valence electrons. The Morgan fingerprint density at radius 1 is 1.09 bits per heavy atom. The fraction of sp³-hybridized carbons (Fsp3) is 0.440. The molecule has 32 heavy (non-hydrogen) atoms. The normalized spacial score (nSPS) is 20.1. The molecule has 2 aromatic carbocycles. The molecule has 4 rings (SSSR count). The molecule has 0 amide bonds. The number of rotatable bonds is 6. The number of aromatic amines is 1. The van der Waals surface area contributed by atoms with Crippen LogP contribution in [0, 0.1) is 5.41 Å². The van der Waals surface area contributed by atoms with Gasteiger partial charge in [-0.15, -0.1) is 0 Å².